The van der Waals surface area contributed by atoms with Gasteiger partial charge in [-0.1, -0.05) is 19.8 Å². The molecule has 0 atom stereocenters. The van der Waals surface area contributed by atoms with Crippen LogP contribution in [0.3, 0.4) is 0 Å². The number of esters is 1. The Bertz CT molecular complexity index is 338. The minimum atomic E-state index is -0.481. The monoisotopic (exact) mass is 297 g/mol. The molecule has 0 saturated heterocycles. The number of ether oxygens (including phenoxy) is 1. The predicted octanol–water partition coefficient (Wildman–Crippen LogP) is 3.58. The van der Waals surface area contributed by atoms with Crippen molar-refractivity contribution in [3.05, 3.63) is 0 Å². The fourth-order valence-electron chi connectivity index (χ4n) is 2.91. The number of carbonyl (C=O) groups excluding carboxylic acids is 2. The molecule has 0 aromatic carbocycles. The smallest absolute Gasteiger partial charge is 0.306 e. The average Bonchev–Trinajstić information content (AvgIpc) is 2.37. The van der Waals surface area contributed by atoms with Crippen LogP contribution in [0.1, 0.15) is 79.1 Å². The van der Waals surface area contributed by atoms with Crippen molar-refractivity contribution in [3.8, 4) is 0 Å². The molecule has 1 fully saturated rings. The molecule has 1 aliphatic rings. The van der Waals surface area contributed by atoms with E-state index < -0.39 is 5.60 Å². The van der Waals surface area contributed by atoms with E-state index >= 15 is 0 Å². The van der Waals surface area contributed by atoms with Crippen molar-refractivity contribution in [1.82, 2.24) is 5.32 Å². The zero-order valence-electron chi connectivity index (χ0n) is 14.0. The standard InChI is InChI=1S/C17H31NO3/c1-5-6-13-7-9-14(10-8-13)18-15(19)11-12-16(20)21-17(2,3)4/h13-14H,5-12H2,1-4H3,(H,18,19). The highest BCUT2D eigenvalue weighted by Gasteiger charge is 2.22. The molecule has 4 nitrogen and oxygen atoms in total. The third-order valence-corrected chi connectivity index (χ3v) is 3.88. The molecule has 21 heavy (non-hydrogen) atoms. The maximum absolute atomic E-state index is 11.9. The van der Waals surface area contributed by atoms with E-state index in [2.05, 4.69) is 12.2 Å². The molecule has 0 aromatic rings. The van der Waals surface area contributed by atoms with Crippen LogP contribution in [0.5, 0.6) is 0 Å². The summed E-state index contributed by atoms with van der Waals surface area (Å²) in [6.07, 6.45) is 7.51. The summed E-state index contributed by atoms with van der Waals surface area (Å²) >= 11 is 0. The number of carbonyl (C=O) groups is 2. The number of nitrogens with one attached hydrogen (secondary N) is 1. The highest BCUT2D eigenvalue weighted by atomic mass is 16.6. The van der Waals surface area contributed by atoms with E-state index in [0.717, 1.165) is 18.8 Å². The van der Waals surface area contributed by atoms with Gasteiger partial charge in [-0.3, -0.25) is 9.59 Å². The number of rotatable bonds is 6. The van der Waals surface area contributed by atoms with Crippen LogP contribution in [-0.2, 0) is 14.3 Å². The molecule has 0 radical (unpaired) electrons. The Morgan fingerprint density at radius 2 is 1.71 bits per heavy atom. The van der Waals surface area contributed by atoms with Crippen LogP contribution in [-0.4, -0.2) is 23.5 Å². The maximum atomic E-state index is 11.9. The summed E-state index contributed by atoms with van der Waals surface area (Å²) in [4.78, 5) is 23.4. The lowest BCUT2D eigenvalue weighted by molar-refractivity contribution is -0.155. The molecule has 1 saturated carbocycles. The second-order valence-corrected chi connectivity index (χ2v) is 7.16. The second-order valence-electron chi connectivity index (χ2n) is 7.16. The lowest BCUT2D eigenvalue weighted by Crippen LogP contribution is -2.38. The number of amides is 1. The Kier molecular flexibility index (Phi) is 7.20. The first-order chi connectivity index (χ1) is 9.80. The average molecular weight is 297 g/mol. The molecular formula is C17H31NO3. The zero-order chi connectivity index (χ0) is 15.9. The Labute approximate surface area is 129 Å². The number of hydrogen-bond donors (Lipinski definition) is 1. The molecule has 1 amide bonds. The third kappa shape index (κ3) is 8.08. The number of hydrogen-bond acceptors (Lipinski definition) is 3. The van der Waals surface area contributed by atoms with Gasteiger partial charge in [-0.05, 0) is 52.4 Å². The van der Waals surface area contributed by atoms with Crippen LogP contribution < -0.4 is 5.32 Å². The third-order valence-electron chi connectivity index (χ3n) is 3.88. The summed E-state index contributed by atoms with van der Waals surface area (Å²) in [6.45, 7) is 7.73. The first-order valence-electron chi connectivity index (χ1n) is 8.31. The molecular weight excluding hydrogens is 266 g/mol. The van der Waals surface area contributed by atoms with E-state index in [9.17, 15) is 9.59 Å². The topological polar surface area (TPSA) is 55.4 Å². The van der Waals surface area contributed by atoms with Gasteiger partial charge in [-0.15, -0.1) is 0 Å². The van der Waals surface area contributed by atoms with Gasteiger partial charge in [0.05, 0.1) is 6.42 Å². The Hall–Kier alpha value is -1.06. The minimum absolute atomic E-state index is 0.0280. The Balaban J connectivity index is 2.18. The van der Waals surface area contributed by atoms with Crippen LogP contribution >= 0.6 is 0 Å². The van der Waals surface area contributed by atoms with Crippen molar-refractivity contribution in [2.75, 3.05) is 0 Å². The van der Waals surface area contributed by atoms with Crippen molar-refractivity contribution >= 4 is 11.9 Å². The Morgan fingerprint density at radius 1 is 1.10 bits per heavy atom. The quantitative estimate of drug-likeness (QED) is 0.762. The second kappa shape index (κ2) is 8.40. The lowest BCUT2D eigenvalue weighted by Gasteiger charge is -2.29. The summed E-state index contributed by atoms with van der Waals surface area (Å²) in [7, 11) is 0. The maximum Gasteiger partial charge on any atom is 0.306 e. The fraction of sp³-hybridized carbons (Fsp3) is 0.882. The highest BCUT2D eigenvalue weighted by Crippen LogP contribution is 2.27. The first-order valence-corrected chi connectivity index (χ1v) is 8.31. The van der Waals surface area contributed by atoms with E-state index in [0.29, 0.717) is 6.04 Å². The molecule has 1 N–H and O–H groups in total. The summed E-state index contributed by atoms with van der Waals surface area (Å²) < 4.78 is 5.20. The van der Waals surface area contributed by atoms with Crippen LogP contribution in [0.4, 0.5) is 0 Å². The molecule has 122 valence electrons. The van der Waals surface area contributed by atoms with Crippen LogP contribution in [0.25, 0.3) is 0 Å². The van der Waals surface area contributed by atoms with E-state index in [1.807, 2.05) is 20.8 Å². The van der Waals surface area contributed by atoms with Gasteiger partial charge in [-0.2, -0.15) is 0 Å². The summed E-state index contributed by atoms with van der Waals surface area (Å²) in [5.41, 5.74) is -0.481. The molecule has 4 heteroatoms. The van der Waals surface area contributed by atoms with E-state index in [1.165, 1.54) is 25.7 Å². The molecule has 0 aliphatic heterocycles. The summed E-state index contributed by atoms with van der Waals surface area (Å²) in [5.74, 6) is 0.508. The molecule has 1 rings (SSSR count). The first kappa shape index (κ1) is 18.0. The van der Waals surface area contributed by atoms with Crippen LogP contribution in [0.2, 0.25) is 0 Å². The van der Waals surface area contributed by atoms with Gasteiger partial charge in [0, 0.05) is 12.5 Å². The van der Waals surface area contributed by atoms with Crippen molar-refractivity contribution in [2.24, 2.45) is 5.92 Å². The SMILES string of the molecule is CCCC1CCC(NC(=O)CCC(=O)OC(C)(C)C)CC1. The van der Waals surface area contributed by atoms with Gasteiger partial charge < -0.3 is 10.1 Å². The van der Waals surface area contributed by atoms with E-state index in [-0.39, 0.29) is 24.7 Å². The molecule has 0 bridgehead atoms. The molecule has 0 aromatic heterocycles. The fourth-order valence-corrected chi connectivity index (χ4v) is 2.91. The molecule has 1 aliphatic carbocycles. The zero-order valence-corrected chi connectivity index (χ0v) is 14.0. The normalized spacial score (nSPS) is 22.7. The van der Waals surface area contributed by atoms with Gasteiger partial charge >= 0.3 is 5.97 Å². The molecule has 0 unspecified atom stereocenters. The molecule has 0 spiro atoms. The highest BCUT2D eigenvalue weighted by molar-refractivity contribution is 5.81. The van der Waals surface area contributed by atoms with Crippen LogP contribution in [0, 0.1) is 5.92 Å². The lowest BCUT2D eigenvalue weighted by atomic mass is 9.83. The summed E-state index contributed by atoms with van der Waals surface area (Å²) in [5, 5.41) is 3.05. The van der Waals surface area contributed by atoms with Crippen molar-refractivity contribution in [2.45, 2.75) is 90.7 Å². The van der Waals surface area contributed by atoms with Crippen molar-refractivity contribution in [1.29, 1.82) is 0 Å². The van der Waals surface area contributed by atoms with Gasteiger partial charge in [-0.25, -0.2) is 0 Å². The largest absolute Gasteiger partial charge is 0.460 e. The van der Waals surface area contributed by atoms with Gasteiger partial charge in [0.2, 0.25) is 5.91 Å². The van der Waals surface area contributed by atoms with E-state index in [4.69, 9.17) is 4.74 Å². The van der Waals surface area contributed by atoms with Crippen molar-refractivity contribution in [3.63, 3.8) is 0 Å². The van der Waals surface area contributed by atoms with Gasteiger partial charge in [0.25, 0.3) is 0 Å². The minimum Gasteiger partial charge on any atom is -0.460 e. The van der Waals surface area contributed by atoms with Gasteiger partial charge in [0.1, 0.15) is 5.60 Å². The van der Waals surface area contributed by atoms with Gasteiger partial charge in [0.15, 0.2) is 0 Å². The van der Waals surface area contributed by atoms with Crippen LogP contribution in [0.15, 0.2) is 0 Å². The Morgan fingerprint density at radius 3 is 2.24 bits per heavy atom. The summed E-state index contributed by atoms with van der Waals surface area (Å²) in [6, 6.07) is 0.296. The molecule has 0 heterocycles. The van der Waals surface area contributed by atoms with Crippen molar-refractivity contribution < 1.29 is 14.3 Å². The van der Waals surface area contributed by atoms with E-state index in [1.54, 1.807) is 0 Å². The predicted molar refractivity (Wildman–Crippen MR) is 83.9 cm³/mol.